The highest BCUT2D eigenvalue weighted by Gasteiger charge is 2.21. The van der Waals surface area contributed by atoms with Crippen LogP contribution in [0.25, 0.3) is 0 Å². The second kappa shape index (κ2) is 5.35. The number of phenols is 1. The standard InChI is InChI=1S/C11H13NO4/c1-16-7-2-3-9(13)8(6-7)11(15)10(14)4-5-12/h2-3,6,10-11,13-15H,4H2,1H3. The van der Waals surface area contributed by atoms with Gasteiger partial charge in [-0.2, -0.15) is 5.26 Å². The van der Waals surface area contributed by atoms with Crippen LogP contribution in [0, 0.1) is 11.3 Å². The third kappa shape index (κ3) is 2.63. The van der Waals surface area contributed by atoms with Crippen LogP contribution < -0.4 is 4.74 Å². The summed E-state index contributed by atoms with van der Waals surface area (Å²) in [5.41, 5.74) is 0.141. The largest absolute Gasteiger partial charge is 0.508 e. The van der Waals surface area contributed by atoms with Gasteiger partial charge in [0.05, 0.1) is 25.7 Å². The molecule has 3 N–H and O–H groups in total. The smallest absolute Gasteiger partial charge is 0.121 e. The first-order valence-electron chi connectivity index (χ1n) is 4.70. The van der Waals surface area contributed by atoms with Crippen molar-refractivity contribution in [3.8, 4) is 17.6 Å². The summed E-state index contributed by atoms with van der Waals surface area (Å²) in [7, 11) is 1.45. The van der Waals surface area contributed by atoms with Gasteiger partial charge in [-0.05, 0) is 18.2 Å². The molecule has 1 rings (SSSR count). The molecule has 0 aromatic heterocycles. The number of rotatable bonds is 4. The van der Waals surface area contributed by atoms with Gasteiger partial charge in [0.25, 0.3) is 0 Å². The maximum Gasteiger partial charge on any atom is 0.121 e. The van der Waals surface area contributed by atoms with Gasteiger partial charge in [0.1, 0.15) is 17.6 Å². The predicted molar refractivity (Wildman–Crippen MR) is 55.9 cm³/mol. The number of hydrogen-bond acceptors (Lipinski definition) is 5. The van der Waals surface area contributed by atoms with E-state index in [1.807, 2.05) is 0 Å². The van der Waals surface area contributed by atoms with Crippen molar-refractivity contribution in [2.45, 2.75) is 18.6 Å². The van der Waals surface area contributed by atoms with Crippen molar-refractivity contribution < 1.29 is 20.1 Å². The molecular formula is C11H13NO4. The fourth-order valence-electron chi connectivity index (χ4n) is 1.31. The van der Waals surface area contributed by atoms with Gasteiger partial charge in [-0.25, -0.2) is 0 Å². The number of aliphatic hydroxyl groups excluding tert-OH is 2. The lowest BCUT2D eigenvalue weighted by Crippen LogP contribution is -2.17. The zero-order valence-electron chi connectivity index (χ0n) is 8.79. The van der Waals surface area contributed by atoms with Crippen LogP contribution in [0.1, 0.15) is 18.1 Å². The second-order valence-electron chi connectivity index (χ2n) is 3.30. The highest BCUT2D eigenvalue weighted by Crippen LogP contribution is 2.30. The van der Waals surface area contributed by atoms with E-state index < -0.39 is 12.2 Å². The summed E-state index contributed by atoms with van der Waals surface area (Å²) in [6, 6.07) is 6.05. The van der Waals surface area contributed by atoms with Crippen LogP contribution in [0.4, 0.5) is 0 Å². The molecular weight excluding hydrogens is 210 g/mol. The Kier molecular flexibility index (Phi) is 4.11. The Bertz CT molecular complexity index is 399. The normalized spacial score (nSPS) is 13.9. The predicted octanol–water partition coefficient (Wildman–Crippen LogP) is 0.709. The van der Waals surface area contributed by atoms with Crippen LogP contribution in [-0.4, -0.2) is 28.5 Å². The lowest BCUT2D eigenvalue weighted by Gasteiger charge is -2.17. The molecule has 5 heteroatoms. The molecule has 0 aliphatic rings. The van der Waals surface area contributed by atoms with Crippen molar-refractivity contribution in [1.29, 1.82) is 5.26 Å². The number of nitrogens with zero attached hydrogens (tertiary/aromatic N) is 1. The summed E-state index contributed by atoms with van der Waals surface area (Å²) < 4.78 is 4.93. The van der Waals surface area contributed by atoms with E-state index in [4.69, 9.17) is 10.00 Å². The Morgan fingerprint density at radius 3 is 2.69 bits per heavy atom. The fourth-order valence-corrected chi connectivity index (χ4v) is 1.31. The zero-order valence-corrected chi connectivity index (χ0v) is 8.79. The molecule has 0 bridgehead atoms. The number of aliphatic hydroxyl groups is 2. The highest BCUT2D eigenvalue weighted by atomic mass is 16.5. The van der Waals surface area contributed by atoms with Gasteiger partial charge in [-0.15, -0.1) is 0 Å². The minimum Gasteiger partial charge on any atom is -0.508 e. The number of nitriles is 1. The topological polar surface area (TPSA) is 93.7 Å². The Morgan fingerprint density at radius 2 is 2.12 bits per heavy atom. The van der Waals surface area contributed by atoms with Gasteiger partial charge in [-0.3, -0.25) is 0 Å². The number of hydrogen-bond donors (Lipinski definition) is 3. The van der Waals surface area contributed by atoms with Crippen LogP contribution in [0.15, 0.2) is 18.2 Å². The Labute approximate surface area is 93.1 Å². The molecule has 2 unspecified atom stereocenters. The SMILES string of the molecule is COc1ccc(O)c(C(O)C(O)CC#N)c1. The van der Waals surface area contributed by atoms with Gasteiger partial charge in [-0.1, -0.05) is 0 Å². The number of benzene rings is 1. The molecule has 0 saturated heterocycles. The molecule has 0 saturated carbocycles. The third-order valence-corrected chi connectivity index (χ3v) is 2.22. The van der Waals surface area contributed by atoms with Gasteiger partial charge in [0, 0.05) is 5.56 Å². The highest BCUT2D eigenvalue weighted by molar-refractivity contribution is 5.41. The molecule has 0 heterocycles. The van der Waals surface area contributed by atoms with Gasteiger partial charge >= 0.3 is 0 Å². The van der Waals surface area contributed by atoms with E-state index in [0.29, 0.717) is 5.75 Å². The number of methoxy groups -OCH3 is 1. The fraction of sp³-hybridized carbons (Fsp3) is 0.364. The van der Waals surface area contributed by atoms with E-state index >= 15 is 0 Å². The quantitative estimate of drug-likeness (QED) is 0.698. The maximum absolute atomic E-state index is 9.70. The number of phenolic OH excluding ortho intramolecular Hbond substituents is 1. The molecule has 0 aliphatic heterocycles. The first-order chi connectivity index (χ1) is 7.60. The maximum atomic E-state index is 9.70. The summed E-state index contributed by atoms with van der Waals surface area (Å²) in [5, 5.41) is 37.0. The molecule has 0 aliphatic carbocycles. The Morgan fingerprint density at radius 1 is 1.44 bits per heavy atom. The lowest BCUT2D eigenvalue weighted by molar-refractivity contribution is 0.0201. The van der Waals surface area contributed by atoms with Crippen molar-refractivity contribution in [1.82, 2.24) is 0 Å². The van der Waals surface area contributed by atoms with Crippen molar-refractivity contribution in [3.63, 3.8) is 0 Å². The molecule has 1 aromatic rings. The molecule has 1 aromatic carbocycles. The first-order valence-corrected chi connectivity index (χ1v) is 4.70. The summed E-state index contributed by atoms with van der Waals surface area (Å²) >= 11 is 0. The average molecular weight is 223 g/mol. The molecule has 0 spiro atoms. The van der Waals surface area contributed by atoms with E-state index in [0.717, 1.165) is 0 Å². The molecule has 0 amide bonds. The summed E-state index contributed by atoms with van der Waals surface area (Å²) in [6.45, 7) is 0. The van der Waals surface area contributed by atoms with E-state index in [1.54, 1.807) is 6.07 Å². The molecule has 0 radical (unpaired) electrons. The summed E-state index contributed by atoms with van der Waals surface area (Å²) in [5.74, 6) is 0.307. The van der Waals surface area contributed by atoms with E-state index in [2.05, 4.69) is 0 Å². The Hall–Kier alpha value is -1.77. The monoisotopic (exact) mass is 223 g/mol. The molecule has 2 atom stereocenters. The van der Waals surface area contributed by atoms with Crippen molar-refractivity contribution in [2.24, 2.45) is 0 Å². The molecule has 0 fully saturated rings. The van der Waals surface area contributed by atoms with Crippen molar-refractivity contribution in [3.05, 3.63) is 23.8 Å². The van der Waals surface area contributed by atoms with Gasteiger partial charge in [0.2, 0.25) is 0 Å². The second-order valence-corrected chi connectivity index (χ2v) is 3.30. The van der Waals surface area contributed by atoms with Crippen LogP contribution in [0.3, 0.4) is 0 Å². The minimum atomic E-state index is -1.31. The molecule has 5 nitrogen and oxygen atoms in total. The van der Waals surface area contributed by atoms with E-state index in [1.165, 1.54) is 25.3 Å². The minimum absolute atomic E-state index is 0.141. The Balaban J connectivity index is 2.98. The van der Waals surface area contributed by atoms with Gasteiger partial charge in [0.15, 0.2) is 0 Å². The zero-order chi connectivity index (χ0) is 12.1. The summed E-state index contributed by atoms with van der Waals surface area (Å²) in [6.07, 6.45) is -2.75. The lowest BCUT2D eigenvalue weighted by atomic mass is 10.0. The average Bonchev–Trinajstić information content (AvgIpc) is 2.29. The third-order valence-electron chi connectivity index (χ3n) is 2.22. The van der Waals surface area contributed by atoms with Gasteiger partial charge < -0.3 is 20.1 Å². The molecule has 86 valence electrons. The number of ether oxygens (including phenoxy) is 1. The van der Waals surface area contributed by atoms with Crippen molar-refractivity contribution >= 4 is 0 Å². The number of aromatic hydroxyl groups is 1. The van der Waals surface area contributed by atoms with Crippen LogP contribution in [0.5, 0.6) is 11.5 Å². The summed E-state index contributed by atoms with van der Waals surface area (Å²) in [4.78, 5) is 0. The van der Waals surface area contributed by atoms with E-state index in [-0.39, 0.29) is 17.7 Å². The first kappa shape index (κ1) is 12.3. The van der Waals surface area contributed by atoms with Crippen molar-refractivity contribution in [2.75, 3.05) is 7.11 Å². The van der Waals surface area contributed by atoms with Crippen LogP contribution in [0.2, 0.25) is 0 Å². The van der Waals surface area contributed by atoms with Crippen LogP contribution >= 0.6 is 0 Å². The molecule has 16 heavy (non-hydrogen) atoms. The van der Waals surface area contributed by atoms with Crippen LogP contribution in [-0.2, 0) is 0 Å². The van der Waals surface area contributed by atoms with E-state index in [9.17, 15) is 15.3 Å².